The van der Waals surface area contributed by atoms with E-state index in [-0.39, 0.29) is 11.1 Å². The number of aromatic nitrogens is 1. The van der Waals surface area contributed by atoms with Crippen molar-refractivity contribution in [2.75, 3.05) is 17.6 Å². The van der Waals surface area contributed by atoms with Crippen molar-refractivity contribution in [3.05, 3.63) is 40.2 Å². The predicted octanol–water partition coefficient (Wildman–Crippen LogP) is 2.81. The zero-order valence-electron chi connectivity index (χ0n) is 11.4. The maximum atomic E-state index is 10.9. The molecular formula is C14H17N3O2S. The third-order valence-corrected chi connectivity index (χ3v) is 4.27. The lowest BCUT2D eigenvalue weighted by Crippen LogP contribution is -2.27. The van der Waals surface area contributed by atoms with E-state index in [9.17, 15) is 4.79 Å². The van der Waals surface area contributed by atoms with E-state index < -0.39 is 5.97 Å². The van der Waals surface area contributed by atoms with Gasteiger partial charge in [-0.05, 0) is 23.6 Å². The fourth-order valence-corrected chi connectivity index (χ4v) is 2.64. The van der Waals surface area contributed by atoms with Crippen molar-refractivity contribution in [3.8, 4) is 0 Å². The smallest absolute Gasteiger partial charge is 0.354 e. The molecule has 0 atom stereocenters. The van der Waals surface area contributed by atoms with Crippen LogP contribution >= 0.6 is 11.3 Å². The average molecular weight is 291 g/mol. The van der Waals surface area contributed by atoms with Crippen LogP contribution in [0.25, 0.3) is 0 Å². The first kappa shape index (κ1) is 14.3. The van der Waals surface area contributed by atoms with Crippen molar-refractivity contribution >= 4 is 28.8 Å². The van der Waals surface area contributed by atoms with Crippen molar-refractivity contribution in [2.45, 2.75) is 19.3 Å². The molecule has 106 valence electrons. The Bertz CT molecular complexity index is 609. The number of hydrogen-bond acceptors (Lipinski definition) is 5. The van der Waals surface area contributed by atoms with Crippen LogP contribution < -0.4 is 11.1 Å². The van der Waals surface area contributed by atoms with E-state index in [0.717, 1.165) is 0 Å². The molecule has 0 aliphatic carbocycles. The monoisotopic (exact) mass is 291 g/mol. The molecule has 5 nitrogen and oxygen atoms in total. The number of nitrogens with one attached hydrogen (secondary N) is 1. The summed E-state index contributed by atoms with van der Waals surface area (Å²) >= 11 is 1.69. The van der Waals surface area contributed by atoms with Crippen LogP contribution in [-0.4, -0.2) is 22.6 Å². The number of nitrogens with zero attached hydrogens (tertiary/aromatic N) is 1. The van der Waals surface area contributed by atoms with Gasteiger partial charge in [-0.15, -0.1) is 11.3 Å². The van der Waals surface area contributed by atoms with Crippen LogP contribution in [0.2, 0.25) is 0 Å². The molecule has 0 bridgehead atoms. The highest BCUT2D eigenvalue weighted by atomic mass is 32.1. The normalized spacial score (nSPS) is 11.3. The van der Waals surface area contributed by atoms with Crippen LogP contribution in [0.1, 0.15) is 29.2 Å². The van der Waals surface area contributed by atoms with E-state index in [2.05, 4.69) is 30.2 Å². The molecule has 0 aromatic carbocycles. The highest BCUT2D eigenvalue weighted by Crippen LogP contribution is 2.28. The first-order chi connectivity index (χ1) is 9.40. The molecule has 0 saturated carbocycles. The number of pyridine rings is 1. The fourth-order valence-electron chi connectivity index (χ4n) is 1.79. The molecule has 0 aliphatic heterocycles. The average Bonchev–Trinajstić information content (AvgIpc) is 2.92. The Kier molecular flexibility index (Phi) is 3.94. The molecule has 2 aromatic rings. The Balaban J connectivity index is 2.15. The number of aromatic carboxylic acids is 1. The number of carboxylic acids is 1. The summed E-state index contributed by atoms with van der Waals surface area (Å²) in [5, 5.41) is 14.1. The Labute approximate surface area is 121 Å². The second-order valence-corrected chi connectivity index (χ2v) is 6.10. The number of carbonyl (C=O) groups is 1. The minimum absolute atomic E-state index is 0.0179. The molecule has 2 heterocycles. The highest BCUT2D eigenvalue weighted by Gasteiger charge is 2.22. The predicted molar refractivity (Wildman–Crippen MR) is 81.4 cm³/mol. The Morgan fingerprint density at radius 2 is 2.20 bits per heavy atom. The number of carboxylic acid groups (broad SMARTS) is 1. The quantitative estimate of drug-likeness (QED) is 0.788. The van der Waals surface area contributed by atoms with Crippen molar-refractivity contribution in [1.82, 2.24) is 4.98 Å². The second kappa shape index (κ2) is 5.50. The SMILES string of the molecule is CC(C)(CNc1nc(C(=O)O)ccc1N)c1cccs1. The number of nitrogens with two attached hydrogens (primary N) is 1. The number of anilines is 2. The topological polar surface area (TPSA) is 88.2 Å². The van der Waals surface area contributed by atoms with Gasteiger partial charge in [-0.3, -0.25) is 0 Å². The van der Waals surface area contributed by atoms with Crippen LogP contribution in [0, 0.1) is 0 Å². The zero-order chi connectivity index (χ0) is 14.8. The van der Waals surface area contributed by atoms with Gasteiger partial charge < -0.3 is 16.2 Å². The molecule has 20 heavy (non-hydrogen) atoms. The van der Waals surface area contributed by atoms with Gasteiger partial charge in [0.2, 0.25) is 0 Å². The molecule has 2 rings (SSSR count). The van der Waals surface area contributed by atoms with E-state index in [0.29, 0.717) is 18.1 Å². The largest absolute Gasteiger partial charge is 0.477 e. The maximum absolute atomic E-state index is 10.9. The van der Waals surface area contributed by atoms with Crippen molar-refractivity contribution in [2.24, 2.45) is 0 Å². The minimum Gasteiger partial charge on any atom is -0.477 e. The molecule has 4 N–H and O–H groups in total. The van der Waals surface area contributed by atoms with Gasteiger partial charge in [0.15, 0.2) is 5.69 Å². The van der Waals surface area contributed by atoms with E-state index in [1.165, 1.54) is 10.9 Å². The van der Waals surface area contributed by atoms with Gasteiger partial charge in [-0.1, -0.05) is 19.9 Å². The van der Waals surface area contributed by atoms with E-state index in [1.807, 2.05) is 11.4 Å². The summed E-state index contributed by atoms with van der Waals surface area (Å²) in [5.74, 6) is -0.653. The van der Waals surface area contributed by atoms with Crippen molar-refractivity contribution in [3.63, 3.8) is 0 Å². The summed E-state index contributed by atoms with van der Waals surface area (Å²) in [6.45, 7) is 4.85. The Morgan fingerprint density at radius 3 is 2.80 bits per heavy atom. The van der Waals surface area contributed by atoms with E-state index >= 15 is 0 Å². The maximum Gasteiger partial charge on any atom is 0.354 e. The first-order valence-corrected chi connectivity index (χ1v) is 7.06. The number of rotatable bonds is 5. The fraction of sp³-hybridized carbons (Fsp3) is 0.286. The molecule has 0 aliphatic rings. The first-order valence-electron chi connectivity index (χ1n) is 6.18. The molecule has 0 radical (unpaired) electrons. The van der Waals surface area contributed by atoms with Gasteiger partial charge in [0.25, 0.3) is 0 Å². The summed E-state index contributed by atoms with van der Waals surface area (Å²) in [6, 6.07) is 7.04. The zero-order valence-corrected chi connectivity index (χ0v) is 12.2. The van der Waals surface area contributed by atoms with Crippen LogP contribution in [0.5, 0.6) is 0 Å². The van der Waals surface area contributed by atoms with Crippen molar-refractivity contribution in [1.29, 1.82) is 0 Å². The molecule has 0 unspecified atom stereocenters. The summed E-state index contributed by atoms with van der Waals surface area (Å²) < 4.78 is 0. The number of nitrogen functional groups attached to an aromatic ring is 1. The highest BCUT2D eigenvalue weighted by molar-refractivity contribution is 7.10. The van der Waals surface area contributed by atoms with Gasteiger partial charge in [0.05, 0.1) is 5.69 Å². The standard InChI is InChI=1S/C14H17N3O2S/c1-14(2,11-4-3-7-20-11)8-16-12-9(15)5-6-10(17-12)13(18)19/h3-7H,8,15H2,1-2H3,(H,16,17)(H,18,19). The Morgan fingerprint density at radius 1 is 1.45 bits per heavy atom. The van der Waals surface area contributed by atoms with Crippen LogP contribution in [-0.2, 0) is 5.41 Å². The minimum atomic E-state index is -1.06. The van der Waals surface area contributed by atoms with Gasteiger partial charge in [0, 0.05) is 16.8 Å². The van der Waals surface area contributed by atoms with Crippen LogP contribution in [0.15, 0.2) is 29.6 Å². The van der Waals surface area contributed by atoms with Gasteiger partial charge in [0.1, 0.15) is 5.82 Å². The number of hydrogen-bond donors (Lipinski definition) is 3. The van der Waals surface area contributed by atoms with Crippen molar-refractivity contribution < 1.29 is 9.90 Å². The molecule has 0 fully saturated rings. The van der Waals surface area contributed by atoms with Crippen LogP contribution in [0.4, 0.5) is 11.5 Å². The molecular weight excluding hydrogens is 274 g/mol. The summed E-state index contributed by atoms with van der Waals surface area (Å²) in [6.07, 6.45) is 0. The summed E-state index contributed by atoms with van der Waals surface area (Å²) in [5.41, 5.74) is 6.16. The Hall–Kier alpha value is -2.08. The third-order valence-electron chi connectivity index (χ3n) is 3.03. The molecule has 0 spiro atoms. The van der Waals surface area contributed by atoms with Crippen LogP contribution in [0.3, 0.4) is 0 Å². The molecule has 2 aromatic heterocycles. The van der Waals surface area contributed by atoms with E-state index in [1.54, 1.807) is 17.4 Å². The lowest BCUT2D eigenvalue weighted by Gasteiger charge is -2.24. The van der Waals surface area contributed by atoms with Gasteiger partial charge in [-0.25, -0.2) is 9.78 Å². The lowest BCUT2D eigenvalue weighted by molar-refractivity contribution is 0.0690. The summed E-state index contributed by atoms with van der Waals surface area (Å²) in [7, 11) is 0. The molecule has 0 saturated heterocycles. The van der Waals surface area contributed by atoms with E-state index in [4.69, 9.17) is 10.8 Å². The third kappa shape index (κ3) is 3.08. The molecule has 6 heteroatoms. The lowest BCUT2D eigenvalue weighted by atomic mass is 9.91. The second-order valence-electron chi connectivity index (χ2n) is 5.15. The molecule has 0 amide bonds. The number of thiophene rings is 1. The van der Waals surface area contributed by atoms with Gasteiger partial charge in [-0.2, -0.15) is 0 Å². The van der Waals surface area contributed by atoms with Gasteiger partial charge >= 0.3 is 5.97 Å². The summed E-state index contributed by atoms with van der Waals surface area (Å²) in [4.78, 5) is 16.2.